The molecule has 0 aliphatic carbocycles. The van der Waals surface area contributed by atoms with Gasteiger partial charge in [0.25, 0.3) is 0 Å². The van der Waals surface area contributed by atoms with Crippen molar-refractivity contribution in [3.05, 3.63) is 23.3 Å². The summed E-state index contributed by atoms with van der Waals surface area (Å²) in [6, 6.07) is 3.91. The van der Waals surface area contributed by atoms with Gasteiger partial charge in [0.1, 0.15) is 5.75 Å². The second kappa shape index (κ2) is 9.56. The minimum Gasteiger partial charge on any atom is -0.496 e. The molecule has 0 atom stereocenters. The Balaban J connectivity index is 3.06. The molecule has 26 heavy (non-hydrogen) atoms. The molecule has 1 aromatic rings. The molecule has 1 rings (SSSR count). The van der Waals surface area contributed by atoms with Crippen molar-refractivity contribution in [3.63, 3.8) is 0 Å². The van der Waals surface area contributed by atoms with E-state index in [9.17, 15) is 9.90 Å². The van der Waals surface area contributed by atoms with Crippen LogP contribution >= 0.6 is 0 Å². The predicted octanol–water partition coefficient (Wildman–Crippen LogP) is 3.56. The lowest BCUT2D eigenvalue weighted by Crippen LogP contribution is -2.49. The quantitative estimate of drug-likeness (QED) is 0.372. The first-order valence-electron chi connectivity index (χ1n) is 9.66. The van der Waals surface area contributed by atoms with Gasteiger partial charge in [0.15, 0.2) is 5.78 Å². The van der Waals surface area contributed by atoms with Crippen molar-refractivity contribution < 1.29 is 19.3 Å². The summed E-state index contributed by atoms with van der Waals surface area (Å²) in [5.41, 5.74) is 0.990. The van der Waals surface area contributed by atoms with E-state index in [2.05, 4.69) is 6.92 Å². The van der Waals surface area contributed by atoms with Gasteiger partial charge in [0.05, 0.1) is 23.9 Å². The summed E-state index contributed by atoms with van der Waals surface area (Å²) in [6.07, 6.45) is 4.38. The van der Waals surface area contributed by atoms with Crippen LogP contribution in [0.3, 0.4) is 0 Å². The lowest BCUT2D eigenvalue weighted by Gasteiger charge is -2.37. The number of hydrogen-bond donors (Lipinski definition) is 1. The SMILES string of the molecule is CCCCCC(=O)c1c(CC)cc(BOC(C)(C)C(C)(C)O)cc1OC. The molecule has 0 saturated carbocycles. The monoisotopic (exact) mass is 362 g/mol. The summed E-state index contributed by atoms with van der Waals surface area (Å²) in [5.74, 6) is 0.766. The van der Waals surface area contributed by atoms with Gasteiger partial charge in [-0.2, -0.15) is 0 Å². The summed E-state index contributed by atoms with van der Waals surface area (Å²) in [4.78, 5) is 12.7. The average molecular weight is 362 g/mol. The third-order valence-electron chi connectivity index (χ3n) is 5.20. The number of aryl methyl sites for hydroxylation is 1. The zero-order valence-electron chi connectivity index (χ0n) is 17.6. The number of methoxy groups -OCH3 is 1. The Morgan fingerprint density at radius 3 is 2.31 bits per heavy atom. The zero-order chi connectivity index (χ0) is 20.0. The van der Waals surface area contributed by atoms with Gasteiger partial charge >= 0.3 is 7.48 Å². The van der Waals surface area contributed by atoms with Crippen LogP contribution in [0.1, 0.15) is 83.1 Å². The molecule has 0 spiro atoms. The van der Waals surface area contributed by atoms with Gasteiger partial charge in [-0.3, -0.25) is 4.79 Å². The first-order valence-corrected chi connectivity index (χ1v) is 9.66. The van der Waals surface area contributed by atoms with Crippen molar-refractivity contribution in [1.82, 2.24) is 0 Å². The molecule has 0 amide bonds. The first-order chi connectivity index (χ1) is 12.1. The van der Waals surface area contributed by atoms with E-state index in [0.717, 1.165) is 36.7 Å². The number of benzene rings is 1. The van der Waals surface area contributed by atoms with Crippen LogP contribution in [0.25, 0.3) is 0 Å². The van der Waals surface area contributed by atoms with Crippen molar-refractivity contribution in [1.29, 1.82) is 0 Å². The van der Waals surface area contributed by atoms with Gasteiger partial charge in [0, 0.05) is 6.42 Å². The van der Waals surface area contributed by atoms with Crippen molar-refractivity contribution in [2.45, 2.75) is 84.8 Å². The molecule has 0 aromatic heterocycles. The van der Waals surface area contributed by atoms with E-state index in [-0.39, 0.29) is 5.78 Å². The number of carbonyl (C=O) groups excluding carboxylic acids is 1. The molecule has 0 radical (unpaired) electrons. The Kier molecular flexibility index (Phi) is 8.36. The van der Waals surface area contributed by atoms with Crippen LogP contribution in [-0.2, 0) is 11.1 Å². The minimum atomic E-state index is -0.958. The molecule has 0 heterocycles. The number of unbranched alkanes of at least 4 members (excludes halogenated alkanes) is 2. The summed E-state index contributed by atoms with van der Waals surface area (Å²) < 4.78 is 11.5. The molecule has 0 saturated heterocycles. The van der Waals surface area contributed by atoms with E-state index in [1.807, 2.05) is 32.9 Å². The number of ketones is 1. The highest BCUT2D eigenvalue weighted by atomic mass is 16.5. The van der Waals surface area contributed by atoms with Gasteiger partial charge in [-0.05, 0) is 57.6 Å². The molecule has 0 aliphatic heterocycles. The maximum Gasteiger partial charge on any atom is 0.309 e. The largest absolute Gasteiger partial charge is 0.496 e. The lowest BCUT2D eigenvalue weighted by molar-refractivity contribution is -0.0893. The summed E-state index contributed by atoms with van der Waals surface area (Å²) in [5, 5.41) is 10.3. The zero-order valence-corrected chi connectivity index (χ0v) is 17.6. The summed E-state index contributed by atoms with van der Waals surface area (Å²) >= 11 is 0. The van der Waals surface area contributed by atoms with E-state index in [4.69, 9.17) is 9.39 Å². The molecular formula is C21H35BO4. The number of ether oxygens (including phenoxy) is 1. The Morgan fingerprint density at radius 2 is 1.81 bits per heavy atom. The minimum absolute atomic E-state index is 0.149. The van der Waals surface area contributed by atoms with E-state index in [0.29, 0.717) is 25.2 Å². The molecule has 0 aliphatic rings. The number of Topliss-reactive ketones (excluding diaryl/α,β-unsaturated/α-hetero) is 1. The number of carbonyl (C=O) groups is 1. The average Bonchev–Trinajstić information content (AvgIpc) is 2.58. The van der Waals surface area contributed by atoms with Crippen LogP contribution in [-0.4, -0.2) is 36.7 Å². The van der Waals surface area contributed by atoms with Crippen molar-refractivity contribution in [2.24, 2.45) is 0 Å². The Hall–Kier alpha value is -1.33. The first kappa shape index (κ1) is 22.7. The Bertz CT molecular complexity index is 578. The normalized spacial score (nSPS) is 12.2. The van der Waals surface area contributed by atoms with Crippen LogP contribution in [0.4, 0.5) is 0 Å². The van der Waals surface area contributed by atoms with Crippen LogP contribution < -0.4 is 10.2 Å². The predicted molar refractivity (Wildman–Crippen MR) is 109 cm³/mol. The van der Waals surface area contributed by atoms with Gasteiger partial charge in [-0.15, -0.1) is 0 Å². The van der Waals surface area contributed by atoms with Gasteiger partial charge < -0.3 is 14.5 Å². The van der Waals surface area contributed by atoms with Crippen LogP contribution in [0.15, 0.2) is 12.1 Å². The molecular weight excluding hydrogens is 327 g/mol. The molecule has 146 valence electrons. The Morgan fingerprint density at radius 1 is 1.15 bits per heavy atom. The highest BCUT2D eigenvalue weighted by Crippen LogP contribution is 2.26. The van der Waals surface area contributed by atoms with E-state index in [1.54, 1.807) is 21.0 Å². The van der Waals surface area contributed by atoms with E-state index in [1.165, 1.54) is 0 Å². The number of aliphatic hydroxyl groups is 1. The third kappa shape index (κ3) is 5.85. The molecule has 1 aromatic carbocycles. The fourth-order valence-electron chi connectivity index (χ4n) is 2.68. The van der Waals surface area contributed by atoms with Crippen LogP contribution in [0.2, 0.25) is 0 Å². The number of rotatable bonds is 11. The van der Waals surface area contributed by atoms with Crippen LogP contribution in [0, 0.1) is 0 Å². The molecule has 0 bridgehead atoms. The lowest BCUT2D eigenvalue weighted by atomic mass is 9.80. The smallest absolute Gasteiger partial charge is 0.309 e. The highest BCUT2D eigenvalue weighted by Gasteiger charge is 2.35. The third-order valence-corrected chi connectivity index (χ3v) is 5.20. The molecule has 5 heteroatoms. The van der Waals surface area contributed by atoms with Crippen molar-refractivity contribution in [2.75, 3.05) is 7.11 Å². The molecule has 0 unspecified atom stereocenters. The fourth-order valence-corrected chi connectivity index (χ4v) is 2.68. The van der Waals surface area contributed by atoms with E-state index >= 15 is 0 Å². The van der Waals surface area contributed by atoms with Crippen molar-refractivity contribution in [3.8, 4) is 5.75 Å². The molecule has 1 N–H and O–H groups in total. The van der Waals surface area contributed by atoms with E-state index < -0.39 is 11.2 Å². The van der Waals surface area contributed by atoms with Gasteiger partial charge in [0.2, 0.25) is 0 Å². The van der Waals surface area contributed by atoms with Gasteiger partial charge in [-0.25, -0.2) is 0 Å². The fraction of sp³-hybridized carbons (Fsp3) is 0.667. The standard InChI is InChI=1S/C21H35BO4/c1-8-10-11-12-17(23)19-15(9-2)13-16(14-18(19)25-7)22-26-21(5,6)20(3,4)24/h13-14,22,24H,8-12H2,1-7H3. The maximum absolute atomic E-state index is 12.7. The summed E-state index contributed by atoms with van der Waals surface area (Å²) in [7, 11) is 1.95. The summed E-state index contributed by atoms with van der Waals surface area (Å²) in [6.45, 7) is 11.4. The second-order valence-electron chi connectivity index (χ2n) is 7.92. The highest BCUT2D eigenvalue weighted by molar-refractivity contribution is 6.47. The topological polar surface area (TPSA) is 55.8 Å². The molecule has 0 fully saturated rings. The van der Waals surface area contributed by atoms with Crippen LogP contribution in [0.5, 0.6) is 5.75 Å². The second-order valence-corrected chi connectivity index (χ2v) is 7.92. The van der Waals surface area contributed by atoms with Crippen molar-refractivity contribution >= 4 is 18.7 Å². The van der Waals surface area contributed by atoms with Gasteiger partial charge in [-0.1, -0.05) is 32.8 Å². The Labute approximate surface area is 159 Å². The molecule has 4 nitrogen and oxygen atoms in total. The number of hydrogen-bond acceptors (Lipinski definition) is 4. The maximum atomic E-state index is 12.7.